The number of aromatic nitrogens is 5. The van der Waals surface area contributed by atoms with Crippen molar-refractivity contribution in [1.82, 2.24) is 24.7 Å². The Labute approximate surface area is 162 Å². The lowest BCUT2D eigenvalue weighted by Gasteiger charge is -2.09. The molecule has 8 nitrogen and oxygen atoms in total. The van der Waals surface area contributed by atoms with Crippen molar-refractivity contribution in [2.24, 2.45) is 7.05 Å². The predicted molar refractivity (Wildman–Crippen MR) is 109 cm³/mol. The Hall–Kier alpha value is -3.68. The Morgan fingerprint density at radius 1 is 1.14 bits per heavy atom. The van der Waals surface area contributed by atoms with E-state index >= 15 is 0 Å². The van der Waals surface area contributed by atoms with Gasteiger partial charge in [0.1, 0.15) is 11.6 Å². The molecule has 0 aliphatic carbocycles. The fraction of sp³-hybridized carbons (Fsp3) is 0.200. The molecule has 28 heavy (non-hydrogen) atoms. The molecule has 1 aromatic carbocycles. The van der Waals surface area contributed by atoms with Crippen LogP contribution in [0.5, 0.6) is 5.75 Å². The van der Waals surface area contributed by atoms with Crippen molar-refractivity contribution < 1.29 is 4.74 Å². The zero-order valence-electron chi connectivity index (χ0n) is 15.8. The van der Waals surface area contributed by atoms with Gasteiger partial charge in [-0.1, -0.05) is 18.2 Å². The van der Waals surface area contributed by atoms with Crippen LogP contribution >= 0.6 is 0 Å². The third kappa shape index (κ3) is 3.44. The van der Waals surface area contributed by atoms with Gasteiger partial charge in [0.15, 0.2) is 5.65 Å². The summed E-state index contributed by atoms with van der Waals surface area (Å²) in [5.74, 6) is 1.77. The van der Waals surface area contributed by atoms with Crippen molar-refractivity contribution >= 4 is 22.8 Å². The number of ether oxygens (including phenoxy) is 1. The van der Waals surface area contributed by atoms with E-state index in [0.717, 1.165) is 34.5 Å². The van der Waals surface area contributed by atoms with E-state index in [0.29, 0.717) is 24.0 Å². The van der Waals surface area contributed by atoms with Gasteiger partial charge in [-0.05, 0) is 24.3 Å². The van der Waals surface area contributed by atoms with Crippen molar-refractivity contribution in [3.05, 3.63) is 54.4 Å². The molecule has 0 aliphatic rings. The molecule has 142 valence electrons. The van der Waals surface area contributed by atoms with Gasteiger partial charge in [0.2, 0.25) is 5.95 Å². The molecule has 8 heteroatoms. The number of fused-ring (bicyclic) bond motifs is 1. The summed E-state index contributed by atoms with van der Waals surface area (Å²) < 4.78 is 6.96. The van der Waals surface area contributed by atoms with Crippen LogP contribution in [0, 0.1) is 0 Å². The average molecular weight is 375 g/mol. The molecule has 3 aromatic heterocycles. The van der Waals surface area contributed by atoms with Crippen molar-refractivity contribution in [2.75, 3.05) is 24.7 Å². The summed E-state index contributed by atoms with van der Waals surface area (Å²) in [5.41, 5.74) is 9.39. The topological polar surface area (TPSA) is 104 Å². The molecule has 0 amide bonds. The summed E-state index contributed by atoms with van der Waals surface area (Å²) in [6, 6.07) is 13.6. The van der Waals surface area contributed by atoms with Gasteiger partial charge in [-0.2, -0.15) is 10.1 Å². The number of hydrogen-bond donors (Lipinski definition) is 2. The zero-order chi connectivity index (χ0) is 19.5. The first kappa shape index (κ1) is 17.7. The number of pyridine rings is 1. The van der Waals surface area contributed by atoms with Crippen LogP contribution in [0.2, 0.25) is 0 Å². The quantitative estimate of drug-likeness (QED) is 0.534. The second-order valence-corrected chi connectivity index (χ2v) is 6.33. The molecular formula is C20H21N7O. The second-order valence-electron chi connectivity index (χ2n) is 6.33. The number of aryl methyl sites for hydroxylation is 1. The molecular weight excluding hydrogens is 354 g/mol. The van der Waals surface area contributed by atoms with E-state index in [2.05, 4.69) is 20.4 Å². The van der Waals surface area contributed by atoms with Crippen molar-refractivity contribution in [3.8, 4) is 17.0 Å². The van der Waals surface area contributed by atoms with E-state index in [1.165, 1.54) is 0 Å². The standard InChI is InChI=1S/C20H21N7O/c1-27-18(21)16-17(13-6-5-8-15(12-13)28-2)24-20(25-19(16)26-27)23-11-9-14-7-3-4-10-22-14/h3-8,10,12H,9,11,21H2,1-2H3,(H,23,25,26). The number of nitrogens with zero attached hydrogens (tertiary/aromatic N) is 5. The zero-order valence-corrected chi connectivity index (χ0v) is 15.8. The molecule has 0 unspecified atom stereocenters. The van der Waals surface area contributed by atoms with E-state index in [1.807, 2.05) is 42.5 Å². The highest BCUT2D eigenvalue weighted by Crippen LogP contribution is 2.32. The lowest BCUT2D eigenvalue weighted by molar-refractivity contribution is 0.415. The normalized spacial score (nSPS) is 10.9. The van der Waals surface area contributed by atoms with Gasteiger partial charge in [0, 0.05) is 37.5 Å². The maximum absolute atomic E-state index is 6.23. The molecule has 0 fully saturated rings. The minimum Gasteiger partial charge on any atom is -0.497 e. The van der Waals surface area contributed by atoms with Gasteiger partial charge in [-0.15, -0.1) is 0 Å². The molecule has 0 saturated carbocycles. The second kappa shape index (κ2) is 7.51. The van der Waals surface area contributed by atoms with Crippen LogP contribution in [0.3, 0.4) is 0 Å². The van der Waals surface area contributed by atoms with Crippen LogP contribution < -0.4 is 15.8 Å². The number of methoxy groups -OCH3 is 1. The van der Waals surface area contributed by atoms with E-state index in [4.69, 9.17) is 15.5 Å². The fourth-order valence-electron chi connectivity index (χ4n) is 3.02. The first-order valence-corrected chi connectivity index (χ1v) is 8.94. The highest BCUT2D eigenvalue weighted by atomic mass is 16.5. The maximum Gasteiger partial charge on any atom is 0.225 e. The van der Waals surface area contributed by atoms with E-state index in [-0.39, 0.29) is 0 Å². The molecule has 0 atom stereocenters. The third-order valence-electron chi connectivity index (χ3n) is 4.47. The van der Waals surface area contributed by atoms with Crippen LogP contribution in [0.25, 0.3) is 22.3 Å². The predicted octanol–water partition coefficient (Wildman–Crippen LogP) is 2.67. The van der Waals surface area contributed by atoms with E-state index in [1.54, 1.807) is 25.0 Å². The summed E-state index contributed by atoms with van der Waals surface area (Å²) in [4.78, 5) is 13.6. The summed E-state index contributed by atoms with van der Waals surface area (Å²) in [7, 11) is 3.43. The highest BCUT2D eigenvalue weighted by Gasteiger charge is 2.17. The molecule has 3 heterocycles. The van der Waals surface area contributed by atoms with Gasteiger partial charge in [0.05, 0.1) is 18.2 Å². The van der Waals surface area contributed by atoms with Crippen molar-refractivity contribution in [3.63, 3.8) is 0 Å². The van der Waals surface area contributed by atoms with Gasteiger partial charge >= 0.3 is 0 Å². The number of rotatable bonds is 6. The molecule has 0 aliphatic heterocycles. The lowest BCUT2D eigenvalue weighted by atomic mass is 10.1. The molecule has 0 saturated heterocycles. The molecule has 0 radical (unpaired) electrons. The molecule has 0 bridgehead atoms. The van der Waals surface area contributed by atoms with E-state index < -0.39 is 0 Å². The molecule has 3 N–H and O–H groups in total. The van der Waals surface area contributed by atoms with Crippen molar-refractivity contribution in [1.29, 1.82) is 0 Å². The Kier molecular flexibility index (Phi) is 4.76. The third-order valence-corrected chi connectivity index (χ3v) is 4.47. The van der Waals surface area contributed by atoms with E-state index in [9.17, 15) is 0 Å². The van der Waals surface area contributed by atoms with Gasteiger partial charge < -0.3 is 15.8 Å². The summed E-state index contributed by atoms with van der Waals surface area (Å²) >= 11 is 0. The monoisotopic (exact) mass is 375 g/mol. The Morgan fingerprint density at radius 3 is 2.82 bits per heavy atom. The summed E-state index contributed by atoms with van der Waals surface area (Å²) in [5, 5.41) is 8.42. The number of nitrogens with one attached hydrogen (secondary N) is 1. The number of nitrogens with two attached hydrogens (primary N) is 1. The lowest BCUT2D eigenvalue weighted by Crippen LogP contribution is -2.09. The highest BCUT2D eigenvalue weighted by molar-refractivity contribution is 5.99. The van der Waals surface area contributed by atoms with Crippen molar-refractivity contribution in [2.45, 2.75) is 6.42 Å². The number of benzene rings is 1. The van der Waals surface area contributed by atoms with Crippen LogP contribution in [0.15, 0.2) is 48.7 Å². The van der Waals surface area contributed by atoms with Crippen LogP contribution in [0.1, 0.15) is 5.69 Å². The number of nitrogen functional groups attached to an aromatic ring is 1. The Balaban J connectivity index is 1.70. The molecule has 4 rings (SSSR count). The minimum atomic E-state index is 0.499. The SMILES string of the molecule is COc1cccc(-c2nc(NCCc3ccccn3)nc3nn(C)c(N)c23)c1. The van der Waals surface area contributed by atoms with Gasteiger partial charge in [-0.3, -0.25) is 9.67 Å². The smallest absolute Gasteiger partial charge is 0.225 e. The largest absolute Gasteiger partial charge is 0.497 e. The van der Waals surface area contributed by atoms with Crippen LogP contribution in [0.4, 0.5) is 11.8 Å². The van der Waals surface area contributed by atoms with Gasteiger partial charge in [0.25, 0.3) is 0 Å². The average Bonchev–Trinajstić information content (AvgIpc) is 3.02. The fourth-order valence-corrected chi connectivity index (χ4v) is 3.02. The number of anilines is 2. The molecule has 0 spiro atoms. The number of hydrogen-bond acceptors (Lipinski definition) is 7. The van der Waals surface area contributed by atoms with Crippen LogP contribution in [-0.2, 0) is 13.5 Å². The first-order valence-electron chi connectivity index (χ1n) is 8.94. The van der Waals surface area contributed by atoms with Crippen LogP contribution in [-0.4, -0.2) is 38.4 Å². The minimum absolute atomic E-state index is 0.499. The van der Waals surface area contributed by atoms with Gasteiger partial charge in [-0.25, -0.2) is 4.98 Å². The Bertz CT molecular complexity index is 1110. The first-order chi connectivity index (χ1) is 13.7. The molecule has 4 aromatic rings. The summed E-state index contributed by atoms with van der Waals surface area (Å²) in [6.07, 6.45) is 2.55. The maximum atomic E-state index is 6.23. The summed E-state index contributed by atoms with van der Waals surface area (Å²) in [6.45, 7) is 0.655. The Morgan fingerprint density at radius 2 is 2.04 bits per heavy atom.